The molecule has 0 amide bonds. The van der Waals surface area contributed by atoms with Crippen molar-refractivity contribution in [3.05, 3.63) is 65.5 Å². The molecule has 1 aliphatic heterocycles. The number of halogens is 4. The number of hydrazine groups is 1. The number of alkyl halides is 3. The van der Waals surface area contributed by atoms with Gasteiger partial charge in [0.1, 0.15) is 5.82 Å². The first-order valence-electron chi connectivity index (χ1n) is 7.46. The molecule has 0 saturated heterocycles. The van der Waals surface area contributed by atoms with Crippen LogP contribution in [0.3, 0.4) is 0 Å². The fraction of sp³-hybridized carbons (Fsp3) is 0.176. The van der Waals surface area contributed by atoms with Gasteiger partial charge in [-0.25, -0.2) is 12.8 Å². The van der Waals surface area contributed by atoms with E-state index in [0.717, 1.165) is 18.4 Å². The minimum absolute atomic E-state index is 0.0730. The number of nitrogens with one attached hydrogen (secondary N) is 1. The van der Waals surface area contributed by atoms with Gasteiger partial charge in [-0.05, 0) is 47.5 Å². The van der Waals surface area contributed by atoms with Crippen LogP contribution in [-0.4, -0.2) is 32.5 Å². The molecule has 26 heavy (non-hydrogen) atoms. The quantitative estimate of drug-likeness (QED) is 0.649. The minimum Gasteiger partial charge on any atom is -0.310 e. The van der Waals surface area contributed by atoms with Crippen molar-refractivity contribution in [2.45, 2.75) is 11.2 Å². The van der Waals surface area contributed by atoms with Gasteiger partial charge in [0.2, 0.25) is 0 Å². The summed E-state index contributed by atoms with van der Waals surface area (Å²) in [4.78, 5) is 0.0730. The van der Waals surface area contributed by atoms with Gasteiger partial charge in [0.15, 0.2) is 9.84 Å². The third kappa shape index (κ3) is 3.73. The Labute approximate surface area is 147 Å². The normalized spacial score (nSPS) is 16.0. The summed E-state index contributed by atoms with van der Waals surface area (Å²) in [6.07, 6.45) is -3.56. The standard InChI is InChI=1S/C17H14F4N2O2S/c1-26(24,25)14-8-4-11(5-9-14)15-10-23(17(19,20)21)22-16(15)12-2-6-13(18)7-3-12/h2-9,22H,10H2,1H3. The van der Waals surface area contributed by atoms with Crippen LogP contribution < -0.4 is 5.43 Å². The summed E-state index contributed by atoms with van der Waals surface area (Å²) in [6.45, 7) is -0.464. The van der Waals surface area contributed by atoms with E-state index in [2.05, 4.69) is 5.43 Å². The molecule has 1 aliphatic rings. The molecule has 1 N–H and O–H groups in total. The molecule has 0 unspecified atom stereocenters. The summed E-state index contributed by atoms with van der Waals surface area (Å²) in [7, 11) is -3.41. The summed E-state index contributed by atoms with van der Waals surface area (Å²) < 4.78 is 75.6. The maximum atomic E-state index is 13.1. The van der Waals surface area contributed by atoms with E-state index in [1.54, 1.807) is 0 Å². The molecule has 2 aromatic carbocycles. The van der Waals surface area contributed by atoms with Crippen LogP contribution in [0.1, 0.15) is 11.1 Å². The lowest BCUT2D eigenvalue weighted by atomic mass is 10.0. The molecule has 0 bridgehead atoms. The molecule has 9 heteroatoms. The number of benzene rings is 2. The van der Waals surface area contributed by atoms with Crippen molar-refractivity contribution in [2.24, 2.45) is 0 Å². The summed E-state index contributed by atoms with van der Waals surface area (Å²) in [5.74, 6) is -0.501. The average Bonchev–Trinajstić information content (AvgIpc) is 3.00. The van der Waals surface area contributed by atoms with E-state index in [4.69, 9.17) is 0 Å². The summed E-state index contributed by atoms with van der Waals surface area (Å²) in [5, 5.41) is 0.117. The molecule has 2 aromatic rings. The second-order valence-corrected chi connectivity index (χ2v) is 7.84. The van der Waals surface area contributed by atoms with Crippen LogP contribution in [0, 0.1) is 5.82 Å². The largest absolute Gasteiger partial charge is 0.477 e. The molecule has 0 fully saturated rings. The predicted molar refractivity (Wildman–Crippen MR) is 88.7 cm³/mol. The molecule has 0 saturated carbocycles. The number of nitrogens with zero attached hydrogens (tertiary/aromatic N) is 1. The fourth-order valence-corrected chi connectivity index (χ4v) is 3.26. The smallest absolute Gasteiger partial charge is 0.310 e. The lowest BCUT2D eigenvalue weighted by Gasteiger charge is -2.20. The molecule has 0 aliphatic carbocycles. The van der Waals surface area contributed by atoms with E-state index in [-0.39, 0.29) is 15.6 Å². The zero-order chi connectivity index (χ0) is 19.1. The Morgan fingerprint density at radius 2 is 1.50 bits per heavy atom. The van der Waals surface area contributed by atoms with Gasteiger partial charge in [-0.2, -0.15) is 13.2 Å². The van der Waals surface area contributed by atoms with E-state index in [1.165, 1.54) is 36.4 Å². The zero-order valence-corrected chi connectivity index (χ0v) is 14.3. The van der Waals surface area contributed by atoms with Gasteiger partial charge < -0.3 is 5.43 Å². The van der Waals surface area contributed by atoms with Crippen molar-refractivity contribution in [1.82, 2.24) is 10.4 Å². The summed E-state index contributed by atoms with van der Waals surface area (Å²) in [5.41, 5.74) is 3.65. The highest BCUT2D eigenvalue weighted by atomic mass is 32.2. The molecule has 1 heterocycles. The third-order valence-corrected chi connectivity index (χ3v) is 5.06. The molecule has 3 rings (SSSR count). The van der Waals surface area contributed by atoms with Gasteiger partial charge in [0, 0.05) is 11.8 Å². The first-order chi connectivity index (χ1) is 12.1. The molecule has 138 valence electrons. The lowest BCUT2D eigenvalue weighted by molar-refractivity contribution is -0.251. The minimum atomic E-state index is -4.61. The number of hydrogen-bond donors (Lipinski definition) is 1. The molecular formula is C17H14F4N2O2S. The van der Waals surface area contributed by atoms with Crippen molar-refractivity contribution in [1.29, 1.82) is 0 Å². The first kappa shape index (κ1) is 18.4. The Bertz CT molecular complexity index is 950. The lowest BCUT2D eigenvalue weighted by Crippen LogP contribution is -2.43. The van der Waals surface area contributed by atoms with E-state index >= 15 is 0 Å². The van der Waals surface area contributed by atoms with Gasteiger partial charge >= 0.3 is 6.30 Å². The highest BCUT2D eigenvalue weighted by molar-refractivity contribution is 7.90. The highest BCUT2D eigenvalue weighted by Gasteiger charge is 2.42. The second kappa shape index (κ2) is 6.40. The summed E-state index contributed by atoms with van der Waals surface area (Å²) >= 11 is 0. The SMILES string of the molecule is CS(=O)(=O)c1ccc(C2=C(c3ccc(F)cc3)NN(C(F)(F)F)C2)cc1. The van der Waals surface area contributed by atoms with Crippen molar-refractivity contribution in [3.63, 3.8) is 0 Å². The number of rotatable bonds is 3. The molecule has 0 atom stereocenters. The first-order valence-corrected chi connectivity index (χ1v) is 9.35. The van der Waals surface area contributed by atoms with Crippen LogP contribution in [-0.2, 0) is 9.84 Å². The van der Waals surface area contributed by atoms with Crippen LogP contribution in [0.2, 0.25) is 0 Å². The van der Waals surface area contributed by atoms with Crippen LogP contribution in [0.15, 0.2) is 53.4 Å². The number of hydrogen-bond acceptors (Lipinski definition) is 4. The van der Waals surface area contributed by atoms with Crippen LogP contribution >= 0.6 is 0 Å². The Hall–Kier alpha value is -2.39. The van der Waals surface area contributed by atoms with E-state index in [1.807, 2.05) is 0 Å². The second-order valence-electron chi connectivity index (χ2n) is 5.82. The predicted octanol–water partition coefficient (Wildman–Crippen LogP) is 3.44. The molecule has 0 radical (unpaired) electrons. The molecule has 0 spiro atoms. The maximum Gasteiger partial charge on any atom is 0.477 e. The van der Waals surface area contributed by atoms with Gasteiger partial charge in [-0.15, -0.1) is 5.01 Å². The van der Waals surface area contributed by atoms with Crippen molar-refractivity contribution < 1.29 is 26.0 Å². The monoisotopic (exact) mass is 386 g/mol. The Kier molecular flexibility index (Phi) is 4.53. The van der Waals surface area contributed by atoms with E-state index in [9.17, 15) is 26.0 Å². The molecule has 4 nitrogen and oxygen atoms in total. The maximum absolute atomic E-state index is 13.1. The zero-order valence-electron chi connectivity index (χ0n) is 13.5. The Morgan fingerprint density at radius 1 is 0.962 bits per heavy atom. The van der Waals surface area contributed by atoms with Crippen LogP contribution in [0.4, 0.5) is 17.6 Å². The molecule has 0 aromatic heterocycles. The van der Waals surface area contributed by atoms with Crippen LogP contribution in [0.25, 0.3) is 11.3 Å². The average molecular weight is 386 g/mol. The van der Waals surface area contributed by atoms with Gasteiger partial charge in [-0.1, -0.05) is 12.1 Å². The molecular weight excluding hydrogens is 372 g/mol. The fourth-order valence-electron chi connectivity index (χ4n) is 2.63. The van der Waals surface area contributed by atoms with E-state index in [0.29, 0.717) is 16.7 Å². The highest BCUT2D eigenvalue weighted by Crippen LogP contribution is 2.35. The van der Waals surface area contributed by atoms with E-state index < -0.39 is 28.5 Å². The number of sulfone groups is 1. The topological polar surface area (TPSA) is 49.4 Å². The summed E-state index contributed by atoms with van der Waals surface area (Å²) in [6, 6.07) is 10.7. The van der Waals surface area contributed by atoms with Gasteiger partial charge in [-0.3, -0.25) is 0 Å². The van der Waals surface area contributed by atoms with Gasteiger partial charge in [0.05, 0.1) is 17.1 Å². The Balaban J connectivity index is 2.06. The Morgan fingerprint density at radius 3 is 2.00 bits per heavy atom. The van der Waals surface area contributed by atoms with Crippen molar-refractivity contribution >= 4 is 21.1 Å². The third-order valence-electron chi connectivity index (χ3n) is 3.93. The van der Waals surface area contributed by atoms with Crippen molar-refractivity contribution in [3.8, 4) is 0 Å². The van der Waals surface area contributed by atoms with Crippen molar-refractivity contribution in [2.75, 3.05) is 12.8 Å². The van der Waals surface area contributed by atoms with Crippen LogP contribution in [0.5, 0.6) is 0 Å². The van der Waals surface area contributed by atoms with Gasteiger partial charge in [0.25, 0.3) is 0 Å².